The van der Waals surface area contributed by atoms with E-state index in [4.69, 9.17) is 9.97 Å². The van der Waals surface area contributed by atoms with Crippen LogP contribution in [-0.2, 0) is 10.8 Å². The van der Waals surface area contributed by atoms with E-state index < -0.39 is 5.41 Å². The molecule has 264 valence electrons. The van der Waals surface area contributed by atoms with E-state index in [0.717, 1.165) is 35.1 Å². The number of nitrogens with zero attached hydrogens (tertiary/aromatic N) is 2. The van der Waals surface area contributed by atoms with Gasteiger partial charge in [-0.15, -0.1) is 0 Å². The summed E-state index contributed by atoms with van der Waals surface area (Å²) in [4.78, 5) is 12.0. The Morgan fingerprint density at radius 3 is 1.22 bits per heavy atom. The number of hydrogen-bond acceptors (Lipinski definition) is 2. The maximum atomic E-state index is 6.02. The van der Waals surface area contributed by atoms with Crippen LogP contribution in [0.2, 0.25) is 0 Å². The fourth-order valence-electron chi connectivity index (χ4n) is 14.4. The van der Waals surface area contributed by atoms with E-state index >= 15 is 0 Å². The third-order valence-corrected chi connectivity index (χ3v) is 16.3. The van der Waals surface area contributed by atoms with Crippen LogP contribution in [0.4, 0.5) is 0 Å². The lowest BCUT2D eigenvalue weighted by Crippen LogP contribution is -2.43. The van der Waals surface area contributed by atoms with E-state index in [1.807, 2.05) is 0 Å². The SMILES string of the molecule is CC1(C)c2ccccc2C(c2ccc3c(n2)-c2ccccc2C2C4CCC(C4)C32)(c2ccc3c(n2)-c2ccccc2C2C4CCC(C4)C32)c2ccccc21. The first kappa shape index (κ1) is 30.5. The Labute approximate surface area is 319 Å². The molecule has 0 radical (unpaired) electrons. The Balaban J connectivity index is 1.12. The van der Waals surface area contributed by atoms with Crippen LogP contribution in [0.1, 0.15) is 132 Å². The first-order chi connectivity index (χ1) is 26.5. The Kier molecular flexibility index (Phi) is 5.92. The summed E-state index contributed by atoms with van der Waals surface area (Å²) in [6.45, 7) is 4.82. The van der Waals surface area contributed by atoms with Crippen molar-refractivity contribution in [3.8, 4) is 22.5 Å². The summed E-state index contributed by atoms with van der Waals surface area (Å²) >= 11 is 0. The van der Waals surface area contributed by atoms with Crippen LogP contribution in [0, 0.1) is 23.7 Å². The fourth-order valence-corrected chi connectivity index (χ4v) is 14.4. The second-order valence-electron chi connectivity index (χ2n) is 18.7. The van der Waals surface area contributed by atoms with Crippen molar-refractivity contribution in [2.75, 3.05) is 0 Å². The van der Waals surface area contributed by atoms with Gasteiger partial charge in [-0.25, -0.2) is 0 Å². The van der Waals surface area contributed by atoms with Crippen molar-refractivity contribution < 1.29 is 0 Å². The van der Waals surface area contributed by atoms with Crippen molar-refractivity contribution in [2.45, 2.75) is 86.9 Å². The molecule has 6 aromatic rings. The van der Waals surface area contributed by atoms with Crippen LogP contribution >= 0.6 is 0 Å². The zero-order valence-corrected chi connectivity index (χ0v) is 31.3. The van der Waals surface area contributed by atoms with Gasteiger partial charge in [-0.05, 0) is 143 Å². The number of rotatable bonds is 2. The molecule has 4 bridgehead atoms. The lowest BCUT2D eigenvalue weighted by molar-refractivity contribution is 0.362. The minimum atomic E-state index is -0.687. The first-order valence-electron chi connectivity index (χ1n) is 20.9. The summed E-state index contributed by atoms with van der Waals surface area (Å²) < 4.78 is 0. The second kappa shape index (κ2) is 10.5. The molecule has 7 aliphatic carbocycles. The Morgan fingerprint density at radius 1 is 0.407 bits per heavy atom. The number of hydrogen-bond donors (Lipinski definition) is 0. The molecule has 2 heterocycles. The first-order valence-corrected chi connectivity index (χ1v) is 20.9. The van der Waals surface area contributed by atoms with Crippen LogP contribution in [-0.4, -0.2) is 9.97 Å². The van der Waals surface area contributed by atoms with E-state index in [2.05, 4.69) is 135 Å². The summed E-state index contributed by atoms with van der Waals surface area (Å²) in [5, 5.41) is 0. The van der Waals surface area contributed by atoms with E-state index in [1.165, 1.54) is 106 Å². The summed E-state index contributed by atoms with van der Waals surface area (Å²) in [7, 11) is 0. The van der Waals surface area contributed by atoms with Crippen LogP contribution < -0.4 is 0 Å². The van der Waals surface area contributed by atoms with Gasteiger partial charge in [-0.1, -0.05) is 123 Å². The van der Waals surface area contributed by atoms with Gasteiger partial charge in [0, 0.05) is 16.5 Å². The molecule has 13 rings (SSSR count). The number of pyridine rings is 2. The molecule has 7 aliphatic rings. The van der Waals surface area contributed by atoms with E-state index in [-0.39, 0.29) is 5.41 Å². The Morgan fingerprint density at radius 2 is 0.778 bits per heavy atom. The highest BCUT2D eigenvalue weighted by Gasteiger charge is 2.56. The van der Waals surface area contributed by atoms with Crippen molar-refractivity contribution >= 4 is 0 Å². The molecule has 8 atom stereocenters. The van der Waals surface area contributed by atoms with Crippen molar-refractivity contribution in [3.63, 3.8) is 0 Å². The van der Waals surface area contributed by atoms with Gasteiger partial charge in [-0.3, -0.25) is 9.97 Å². The molecular formula is C52H46N2. The van der Waals surface area contributed by atoms with Crippen LogP contribution in [0.3, 0.4) is 0 Å². The lowest BCUT2D eigenvalue weighted by Gasteiger charge is -2.47. The third kappa shape index (κ3) is 3.60. The number of benzene rings is 4. The zero-order chi connectivity index (χ0) is 35.5. The Bertz CT molecular complexity index is 2400. The summed E-state index contributed by atoms with van der Waals surface area (Å²) in [6, 6.07) is 47.0. The summed E-state index contributed by atoms with van der Waals surface area (Å²) in [5.41, 5.74) is 17.9. The number of aromatic nitrogens is 2. The average Bonchev–Trinajstić information content (AvgIpc) is 4.05. The van der Waals surface area contributed by atoms with Gasteiger partial charge in [0.25, 0.3) is 0 Å². The van der Waals surface area contributed by atoms with Gasteiger partial charge in [0.1, 0.15) is 5.41 Å². The molecule has 8 unspecified atom stereocenters. The minimum absolute atomic E-state index is 0.176. The minimum Gasteiger partial charge on any atom is -0.251 e. The quantitative estimate of drug-likeness (QED) is 0.180. The van der Waals surface area contributed by atoms with Crippen LogP contribution in [0.15, 0.2) is 121 Å². The molecule has 54 heavy (non-hydrogen) atoms. The standard InChI is InChI=1S/C52H46N2/c1-51(2)39-15-7-9-17-41(39)52(42-18-10-8-16-40(42)51,43-25-23-37-47-31-21-19-29(27-31)45(47)33-11-3-5-13-35(33)49(37)53-43)44-26-24-38-48-32-22-20-30(28-32)46(48)34-12-4-6-14-36(34)50(38)54-44/h3-18,23-26,29-32,45-48H,19-22,27-28H2,1-2H3. The molecule has 2 aromatic heterocycles. The topological polar surface area (TPSA) is 25.8 Å². The normalized spacial score (nSPS) is 30.3. The van der Waals surface area contributed by atoms with Gasteiger partial charge >= 0.3 is 0 Å². The smallest absolute Gasteiger partial charge is 0.105 e. The number of fused-ring (bicyclic) bond motifs is 22. The largest absolute Gasteiger partial charge is 0.251 e. The highest BCUT2D eigenvalue weighted by Crippen LogP contribution is 2.67. The van der Waals surface area contributed by atoms with Crippen molar-refractivity contribution in [3.05, 3.63) is 177 Å². The van der Waals surface area contributed by atoms with Gasteiger partial charge in [0.05, 0.1) is 22.8 Å². The zero-order valence-electron chi connectivity index (χ0n) is 31.3. The summed E-state index contributed by atoms with van der Waals surface area (Å²) in [5.74, 6) is 5.54. The highest BCUT2D eigenvalue weighted by atomic mass is 14.8. The lowest BCUT2D eigenvalue weighted by atomic mass is 9.56. The molecule has 0 spiro atoms. The van der Waals surface area contributed by atoms with Gasteiger partial charge in [0.2, 0.25) is 0 Å². The molecule has 2 heteroatoms. The maximum Gasteiger partial charge on any atom is 0.105 e. The van der Waals surface area contributed by atoms with Gasteiger partial charge in [0.15, 0.2) is 0 Å². The predicted octanol–water partition coefficient (Wildman–Crippen LogP) is 12.1. The molecule has 0 N–H and O–H groups in total. The molecule has 4 fully saturated rings. The molecule has 0 amide bonds. The van der Waals surface area contributed by atoms with Gasteiger partial charge < -0.3 is 0 Å². The van der Waals surface area contributed by atoms with E-state index in [0.29, 0.717) is 23.7 Å². The van der Waals surface area contributed by atoms with Gasteiger partial charge in [-0.2, -0.15) is 0 Å². The van der Waals surface area contributed by atoms with Crippen LogP contribution in [0.5, 0.6) is 0 Å². The third-order valence-electron chi connectivity index (χ3n) is 16.3. The molecule has 0 saturated heterocycles. The summed E-state index contributed by atoms with van der Waals surface area (Å²) in [6.07, 6.45) is 8.22. The van der Waals surface area contributed by atoms with Crippen LogP contribution in [0.25, 0.3) is 22.5 Å². The van der Waals surface area contributed by atoms with E-state index in [9.17, 15) is 0 Å². The van der Waals surface area contributed by atoms with Crippen molar-refractivity contribution in [1.29, 1.82) is 0 Å². The molecule has 4 aromatic carbocycles. The second-order valence-corrected chi connectivity index (χ2v) is 18.7. The highest BCUT2D eigenvalue weighted by molar-refractivity contribution is 5.77. The molecule has 4 saturated carbocycles. The van der Waals surface area contributed by atoms with Crippen molar-refractivity contribution in [2.24, 2.45) is 23.7 Å². The monoisotopic (exact) mass is 698 g/mol. The van der Waals surface area contributed by atoms with Crippen molar-refractivity contribution in [1.82, 2.24) is 9.97 Å². The fraction of sp³-hybridized carbons (Fsp3) is 0.346. The van der Waals surface area contributed by atoms with E-state index in [1.54, 1.807) is 0 Å². The average molecular weight is 699 g/mol. The molecular weight excluding hydrogens is 653 g/mol. The predicted molar refractivity (Wildman–Crippen MR) is 216 cm³/mol. The molecule has 0 aliphatic heterocycles. The maximum absolute atomic E-state index is 6.02. The molecule has 2 nitrogen and oxygen atoms in total. The Hall–Kier alpha value is -4.82.